The highest BCUT2D eigenvalue weighted by molar-refractivity contribution is 6.31. The van der Waals surface area contributed by atoms with E-state index in [-0.39, 0.29) is 17.9 Å². The number of pyridine rings is 1. The molecule has 0 radical (unpaired) electrons. The molecular formula is C15H16ClN3O2. The Labute approximate surface area is 128 Å². The molecule has 1 heterocycles. The zero-order valence-corrected chi connectivity index (χ0v) is 12.6. The van der Waals surface area contributed by atoms with Crippen molar-refractivity contribution in [3.05, 3.63) is 46.6 Å². The molecule has 6 heteroatoms. The van der Waals surface area contributed by atoms with Crippen molar-refractivity contribution in [2.45, 2.75) is 13.8 Å². The predicted octanol–water partition coefficient (Wildman–Crippen LogP) is 3.55. The van der Waals surface area contributed by atoms with Crippen molar-refractivity contribution >= 4 is 34.8 Å². The fraction of sp³-hybridized carbons (Fsp3) is 0.200. The number of benzene rings is 1. The van der Waals surface area contributed by atoms with Gasteiger partial charge in [0.25, 0.3) is 0 Å². The number of carbonyl (C=O) groups excluding carboxylic acids is 1. The van der Waals surface area contributed by atoms with Gasteiger partial charge in [0.1, 0.15) is 5.82 Å². The maximum atomic E-state index is 11.8. The third-order valence-corrected chi connectivity index (χ3v) is 3.28. The lowest BCUT2D eigenvalue weighted by Crippen LogP contribution is -2.09. The standard InChI is InChI=1S/C15H16ClN3O2/c1-3-21-15(20)11-7-14(18-8-13(11)17)19-10-5-4-9(2)12(16)6-10/h4-8H,3,17H2,1-2H3,(H,18,19). The Morgan fingerprint density at radius 2 is 2.19 bits per heavy atom. The van der Waals surface area contributed by atoms with Crippen LogP contribution in [-0.4, -0.2) is 17.6 Å². The molecule has 3 N–H and O–H groups in total. The molecule has 0 unspecified atom stereocenters. The predicted molar refractivity (Wildman–Crippen MR) is 84.1 cm³/mol. The van der Waals surface area contributed by atoms with E-state index in [4.69, 9.17) is 22.1 Å². The van der Waals surface area contributed by atoms with Gasteiger partial charge in [-0.1, -0.05) is 17.7 Å². The third-order valence-electron chi connectivity index (χ3n) is 2.87. The Morgan fingerprint density at radius 3 is 2.86 bits per heavy atom. The number of nitrogens with one attached hydrogen (secondary N) is 1. The SMILES string of the molecule is CCOC(=O)c1cc(Nc2ccc(C)c(Cl)c2)ncc1N. The molecule has 110 valence electrons. The highest BCUT2D eigenvalue weighted by Crippen LogP contribution is 2.24. The topological polar surface area (TPSA) is 77.2 Å². The lowest BCUT2D eigenvalue weighted by molar-refractivity contribution is 0.0527. The van der Waals surface area contributed by atoms with E-state index in [2.05, 4.69) is 10.3 Å². The van der Waals surface area contributed by atoms with E-state index in [1.54, 1.807) is 19.1 Å². The van der Waals surface area contributed by atoms with Crippen LogP contribution in [0.5, 0.6) is 0 Å². The second-order valence-corrected chi connectivity index (χ2v) is 4.87. The lowest BCUT2D eigenvalue weighted by Gasteiger charge is -2.10. The number of carbonyl (C=O) groups is 1. The van der Waals surface area contributed by atoms with Crippen LogP contribution < -0.4 is 11.1 Å². The van der Waals surface area contributed by atoms with Crippen LogP contribution in [0.4, 0.5) is 17.2 Å². The Balaban J connectivity index is 2.26. The summed E-state index contributed by atoms with van der Waals surface area (Å²) in [6, 6.07) is 7.12. The summed E-state index contributed by atoms with van der Waals surface area (Å²) in [5.41, 5.74) is 8.07. The summed E-state index contributed by atoms with van der Waals surface area (Å²) >= 11 is 6.07. The second kappa shape index (κ2) is 6.45. The van der Waals surface area contributed by atoms with Gasteiger partial charge in [0.2, 0.25) is 0 Å². The van der Waals surface area contributed by atoms with Crippen LogP contribution in [0.15, 0.2) is 30.5 Å². The van der Waals surface area contributed by atoms with E-state index < -0.39 is 5.97 Å². The fourth-order valence-corrected chi connectivity index (χ4v) is 1.92. The van der Waals surface area contributed by atoms with Gasteiger partial charge in [-0.15, -0.1) is 0 Å². The molecule has 2 aromatic rings. The van der Waals surface area contributed by atoms with Crippen molar-refractivity contribution in [2.24, 2.45) is 0 Å². The third kappa shape index (κ3) is 3.64. The van der Waals surface area contributed by atoms with Gasteiger partial charge in [0.05, 0.1) is 24.1 Å². The molecule has 5 nitrogen and oxygen atoms in total. The van der Waals surface area contributed by atoms with Gasteiger partial charge in [0.15, 0.2) is 0 Å². The number of esters is 1. The number of nitrogens with zero attached hydrogens (tertiary/aromatic N) is 1. The smallest absolute Gasteiger partial charge is 0.340 e. The summed E-state index contributed by atoms with van der Waals surface area (Å²) in [4.78, 5) is 15.9. The number of anilines is 3. The maximum absolute atomic E-state index is 11.8. The van der Waals surface area contributed by atoms with Gasteiger partial charge < -0.3 is 15.8 Å². The minimum absolute atomic E-state index is 0.279. The number of aryl methyl sites for hydroxylation is 1. The van der Waals surface area contributed by atoms with Gasteiger partial charge in [-0.25, -0.2) is 9.78 Å². The number of halogens is 1. The quantitative estimate of drug-likeness (QED) is 0.845. The minimum atomic E-state index is -0.470. The monoisotopic (exact) mass is 305 g/mol. The van der Waals surface area contributed by atoms with Crippen LogP contribution in [0.25, 0.3) is 0 Å². The zero-order valence-electron chi connectivity index (χ0n) is 11.8. The molecule has 21 heavy (non-hydrogen) atoms. The lowest BCUT2D eigenvalue weighted by atomic mass is 10.2. The molecule has 0 saturated carbocycles. The van der Waals surface area contributed by atoms with Crippen molar-refractivity contribution in [3.63, 3.8) is 0 Å². The molecule has 1 aromatic carbocycles. The zero-order chi connectivity index (χ0) is 15.4. The van der Waals surface area contributed by atoms with Crippen LogP contribution in [0.1, 0.15) is 22.8 Å². The Bertz CT molecular complexity index is 674. The van der Waals surface area contributed by atoms with Crippen molar-refractivity contribution < 1.29 is 9.53 Å². The van der Waals surface area contributed by atoms with E-state index in [1.165, 1.54) is 6.20 Å². The number of hydrogen-bond acceptors (Lipinski definition) is 5. The average Bonchev–Trinajstić information content (AvgIpc) is 2.45. The molecule has 0 aliphatic rings. The fourth-order valence-electron chi connectivity index (χ4n) is 1.74. The van der Waals surface area contributed by atoms with Crippen molar-refractivity contribution in [2.75, 3.05) is 17.7 Å². The van der Waals surface area contributed by atoms with Gasteiger partial charge in [0, 0.05) is 10.7 Å². The van der Waals surface area contributed by atoms with E-state index in [9.17, 15) is 4.79 Å². The van der Waals surface area contributed by atoms with Crippen molar-refractivity contribution in [3.8, 4) is 0 Å². The molecule has 0 aliphatic carbocycles. The summed E-state index contributed by atoms with van der Waals surface area (Å²) in [6.07, 6.45) is 1.42. The Kier molecular flexibility index (Phi) is 4.65. The van der Waals surface area contributed by atoms with Crippen LogP contribution in [0.3, 0.4) is 0 Å². The molecule has 0 fully saturated rings. The summed E-state index contributed by atoms with van der Waals surface area (Å²) in [5.74, 6) is 0.0227. The summed E-state index contributed by atoms with van der Waals surface area (Å²) in [5, 5.41) is 3.73. The van der Waals surface area contributed by atoms with E-state index in [0.717, 1.165) is 11.3 Å². The molecule has 0 atom stereocenters. The second-order valence-electron chi connectivity index (χ2n) is 4.47. The summed E-state index contributed by atoms with van der Waals surface area (Å²) < 4.78 is 4.95. The van der Waals surface area contributed by atoms with E-state index in [0.29, 0.717) is 10.8 Å². The highest BCUT2D eigenvalue weighted by Gasteiger charge is 2.12. The van der Waals surface area contributed by atoms with Crippen LogP contribution >= 0.6 is 11.6 Å². The van der Waals surface area contributed by atoms with Crippen LogP contribution in [-0.2, 0) is 4.74 Å². The van der Waals surface area contributed by atoms with Gasteiger partial charge in [-0.2, -0.15) is 0 Å². The Morgan fingerprint density at radius 1 is 1.43 bits per heavy atom. The van der Waals surface area contributed by atoms with E-state index >= 15 is 0 Å². The minimum Gasteiger partial charge on any atom is -0.462 e. The van der Waals surface area contributed by atoms with Gasteiger partial charge in [-0.3, -0.25) is 0 Å². The molecule has 0 spiro atoms. The van der Waals surface area contributed by atoms with Crippen molar-refractivity contribution in [1.82, 2.24) is 4.98 Å². The normalized spacial score (nSPS) is 10.2. The first-order chi connectivity index (χ1) is 10.0. The number of nitrogen functional groups attached to an aromatic ring is 1. The molecule has 0 amide bonds. The number of nitrogens with two attached hydrogens (primary N) is 1. The van der Waals surface area contributed by atoms with Gasteiger partial charge in [-0.05, 0) is 37.6 Å². The summed E-state index contributed by atoms with van der Waals surface area (Å²) in [7, 11) is 0. The summed E-state index contributed by atoms with van der Waals surface area (Å²) in [6.45, 7) is 3.95. The first-order valence-corrected chi connectivity index (χ1v) is 6.85. The number of ether oxygens (including phenoxy) is 1. The average molecular weight is 306 g/mol. The number of rotatable bonds is 4. The Hall–Kier alpha value is -2.27. The maximum Gasteiger partial charge on any atom is 0.340 e. The number of aromatic nitrogens is 1. The van der Waals surface area contributed by atoms with Crippen molar-refractivity contribution in [1.29, 1.82) is 0 Å². The first-order valence-electron chi connectivity index (χ1n) is 6.47. The van der Waals surface area contributed by atoms with Gasteiger partial charge >= 0.3 is 5.97 Å². The first kappa shape index (κ1) is 15.1. The molecular weight excluding hydrogens is 290 g/mol. The van der Waals surface area contributed by atoms with Crippen LogP contribution in [0, 0.1) is 6.92 Å². The number of hydrogen-bond donors (Lipinski definition) is 2. The molecule has 2 rings (SSSR count). The van der Waals surface area contributed by atoms with Crippen LogP contribution in [0.2, 0.25) is 5.02 Å². The molecule has 0 aliphatic heterocycles. The molecule has 0 saturated heterocycles. The largest absolute Gasteiger partial charge is 0.462 e. The molecule has 0 bridgehead atoms. The van der Waals surface area contributed by atoms with E-state index in [1.807, 2.05) is 19.1 Å². The highest BCUT2D eigenvalue weighted by atomic mass is 35.5. The molecule has 1 aromatic heterocycles.